The molecule has 0 unspecified atom stereocenters. The highest BCUT2D eigenvalue weighted by molar-refractivity contribution is 6.30. The minimum absolute atomic E-state index is 0.0494. The Morgan fingerprint density at radius 1 is 0.853 bits per heavy atom. The molecule has 0 atom stereocenters. The van der Waals surface area contributed by atoms with E-state index in [2.05, 4.69) is 24.8 Å². The molecule has 0 N–H and O–H groups in total. The lowest BCUT2D eigenvalue weighted by Gasteiger charge is -2.28. The van der Waals surface area contributed by atoms with E-state index >= 15 is 4.39 Å². The molecule has 4 rings (SSSR count). The molecule has 0 spiro atoms. The van der Waals surface area contributed by atoms with Crippen molar-refractivity contribution < 1.29 is 8.78 Å². The Morgan fingerprint density at radius 3 is 2.35 bits per heavy atom. The van der Waals surface area contributed by atoms with Crippen molar-refractivity contribution in [2.75, 3.05) is 0 Å². The molecule has 3 aromatic carbocycles. The van der Waals surface area contributed by atoms with E-state index in [0.717, 1.165) is 23.6 Å². The van der Waals surface area contributed by atoms with Crippen molar-refractivity contribution in [2.24, 2.45) is 11.8 Å². The van der Waals surface area contributed by atoms with Crippen molar-refractivity contribution in [2.45, 2.75) is 71.1 Å². The molecule has 0 bridgehead atoms. The highest BCUT2D eigenvalue weighted by atomic mass is 35.5. The Kier molecular flexibility index (Phi) is 8.63. The van der Waals surface area contributed by atoms with Crippen LogP contribution in [0, 0.1) is 35.3 Å². The normalized spacial score (nSPS) is 18.0. The molecule has 1 fully saturated rings. The van der Waals surface area contributed by atoms with Crippen molar-refractivity contribution in [1.29, 1.82) is 0 Å². The van der Waals surface area contributed by atoms with E-state index < -0.39 is 5.82 Å². The van der Waals surface area contributed by atoms with Crippen LogP contribution in [0.2, 0.25) is 5.02 Å². The molecule has 3 aromatic rings. The van der Waals surface area contributed by atoms with Crippen molar-refractivity contribution in [3.63, 3.8) is 0 Å². The highest BCUT2D eigenvalue weighted by Gasteiger charge is 2.20. The van der Waals surface area contributed by atoms with Crippen LogP contribution >= 0.6 is 11.6 Å². The summed E-state index contributed by atoms with van der Waals surface area (Å²) in [6.07, 6.45) is 13.3. The number of halogens is 3. The number of unbranched alkanes of at least 4 members (excludes halogenated alkanes) is 2. The molecule has 0 nitrogen and oxygen atoms in total. The van der Waals surface area contributed by atoms with E-state index in [0.29, 0.717) is 16.5 Å². The summed E-state index contributed by atoms with van der Waals surface area (Å²) in [5.41, 5.74) is 2.05. The van der Waals surface area contributed by atoms with Crippen molar-refractivity contribution >= 4 is 22.4 Å². The fraction of sp³-hybridized carbons (Fsp3) is 0.419. The number of hydrogen-bond donors (Lipinski definition) is 0. The van der Waals surface area contributed by atoms with Crippen LogP contribution < -0.4 is 0 Å². The van der Waals surface area contributed by atoms with Crippen molar-refractivity contribution in [3.8, 4) is 11.8 Å². The molecule has 3 heteroatoms. The van der Waals surface area contributed by atoms with Gasteiger partial charge in [-0.1, -0.05) is 106 Å². The molecule has 0 aliphatic heterocycles. The zero-order valence-electron chi connectivity index (χ0n) is 20.0. The predicted molar refractivity (Wildman–Crippen MR) is 139 cm³/mol. The van der Waals surface area contributed by atoms with Gasteiger partial charge in [0.1, 0.15) is 11.6 Å². The lowest BCUT2D eigenvalue weighted by atomic mass is 9.77. The summed E-state index contributed by atoms with van der Waals surface area (Å²) in [6.45, 7) is 2.28. The Bertz CT molecular complexity index is 1180. The monoisotopic (exact) mass is 478 g/mol. The van der Waals surface area contributed by atoms with Crippen molar-refractivity contribution in [3.05, 3.63) is 81.9 Å². The second-order valence-electron chi connectivity index (χ2n) is 9.78. The van der Waals surface area contributed by atoms with Crippen LogP contribution in [0.5, 0.6) is 0 Å². The van der Waals surface area contributed by atoms with E-state index in [1.165, 1.54) is 75.5 Å². The maximum absolute atomic E-state index is 15.1. The summed E-state index contributed by atoms with van der Waals surface area (Å²) >= 11 is 5.71. The molecule has 178 valence electrons. The lowest BCUT2D eigenvalue weighted by Crippen LogP contribution is -2.15. The topological polar surface area (TPSA) is 0 Å². The predicted octanol–water partition coefficient (Wildman–Crippen LogP) is 9.49. The quantitative estimate of drug-likeness (QED) is 0.234. The maximum Gasteiger partial charge on any atom is 0.146 e. The molecule has 34 heavy (non-hydrogen) atoms. The zero-order valence-corrected chi connectivity index (χ0v) is 20.7. The van der Waals surface area contributed by atoms with Gasteiger partial charge in [-0.15, -0.1) is 0 Å². The average Bonchev–Trinajstić information content (AvgIpc) is 2.85. The number of hydrogen-bond acceptors (Lipinski definition) is 0. The first kappa shape index (κ1) is 24.7. The Labute approximate surface area is 207 Å². The van der Waals surface area contributed by atoms with E-state index in [1.54, 1.807) is 12.1 Å². The number of fused-ring (bicyclic) bond motifs is 1. The number of rotatable bonds is 7. The van der Waals surface area contributed by atoms with Gasteiger partial charge in [0.25, 0.3) is 0 Å². The zero-order chi connectivity index (χ0) is 23.9. The summed E-state index contributed by atoms with van der Waals surface area (Å²) < 4.78 is 28.7. The Balaban J connectivity index is 1.37. The smallest absolute Gasteiger partial charge is 0.146 e. The summed E-state index contributed by atoms with van der Waals surface area (Å²) in [4.78, 5) is 0. The fourth-order valence-electron chi connectivity index (χ4n) is 5.17. The maximum atomic E-state index is 15.1. The summed E-state index contributed by atoms with van der Waals surface area (Å²) in [7, 11) is 0. The second kappa shape index (κ2) is 11.9. The van der Waals surface area contributed by atoms with Crippen LogP contribution in [0.1, 0.15) is 81.4 Å². The number of aryl methyl sites for hydroxylation is 1. The molecule has 1 saturated carbocycles. The SMILES string of the molecule is CCCCCC1CCC(CCc2ccc3c(F)c(C#Cc4ccc(Cl)c(F)c4)ccc3c2)CC1. The first-order valence-corrected chi connectivity index (χ1v) is 13.1. The van der Waals surface area contributed by atoms with Gasteiger partial charge in [0.2, 0.25) is 0 Å². The van der Waals surface area contributed by atoms with Crippen LogP contribution in [0.4, 0.5) is 8.78 Å². The Hall–Kier alpha value is -2.37. The average molecular weight is 479 g/mol. The molecule has 1 aliphatic carbocycles. The van der Waals surface area contributed by atoms with Crippen LogP contribution in [0.25, 0.3) is 10.8 Å². The summed E-state index contributed by atoms with van der Waals surface area (Å²) in [5, 5.41) is 1.52. The molecule has 1 aliphatic rings. The number of benzene rings is 3. The van der Waals surface area contributed by atoms with E-state index in [1.807, 2.05) is 18.2 Å². The molecule has 0 saturated heterocycles. The van der Waals surface area contributed by atoms with Gasteiger partial charge in [-0.25, -0.2) is 8.78 Å². The van der Waals surface area contributed by atoms with Gasteiger partial charge in [-0.3, -0.25) is 0 Å². The largest absolute Gasteiger partial charge is 0.205 e. The van der Waals surface area contributed by atoms with Gasteiger partial charge in [-0.2, -0.15) is 0 Å². The van der Waals surface area contributed by atoms with Gasteiger partial charge in [0.05, 0.1) is 10.6 Å². The first-order valence-electron chi connectivity index (χ1n) is 12.7. The Morgan fingerprint density at radius 2 is 1.62 bits per heavy atom. The van der Waals surface area contributed by atoms with E-state index in [9.17, 15) is 4.39 Å². The third-order valence-electron chi connectivity index (χ3n) is 7.30. The fourth-order valence-corrected chi connectivity index (χ4v) is 5.29. The molecule has 0 amide bonds. The minimum Gasteiger partial charge on any atom is -0.205 e. The van der Waals surface area contributed by atoms with Gasteiger partial charge in [0.15, 0.2) is 0 Å². The standard InChI is InChI=1S/C31H33ClF2/c1-2-3-4-5-22-6-8-23(9-7-22)10-11-24-13-18-28-27(20-24)17-16-26(31(28)34)15-12-25-14-19-29(32)30(33)21-25/h13-14,16-23H,2-11H2,1H3. The van der Waals surface area contributed by atoms with Gasteiger partial charge < -0.3 is 0 Å². The molecular weight excluding hydrogens is 446 g/mol. The van der Waals surface area contributed by atoms with E-state index in [4.69, 9.17) is 11.6 Å². The van der Waals surface area contributed by atoms with Gasteiger partial charge >= 0.3 is 0 Å². The van der Waals surface area contributed by atoms with Crippen LogP contribution in [0.15, 0.2) is 48.5 Å². The second-order valence-corrected chi connectivity index (χ2v) is 10.2. The molecular formula is C31H33ClF2. The van der Waals surface area contributed by atoms with Crippen LogP contribution in [-0.2, 0) is 6.42 Å². The minimum atomic E-state index is -0.528. The van der Waals surface area contributed by atoms with Gasteiger partial charge in [0, 0.05) is 10.9 Å². The van der Waals surface area contributed by atoms with Crippen molar-refractivity contribution in [1.82, 2.24) is 0 Å². The molecule has 0 aromatic heterocycles. The van der Waals surface area contributed by atoms with E-state index in [-0.39, 0.29) is 10.8 Å². The summed E-state index contributed by atoms with van der Waals surface area (Å²) in [6, 6.07) is 14.0. The third-order valence-corrected chi connectivity index (χ3v) is 7.61. The van der Waals surface area contributed by atoms with Gasteiger partial charge in [-0.05, 0) is 59.9 Å². The third kappa shape index (κ3) is 6.39. The highest BCUT2D eigenvalue weighted by Crippen LogP contribution is 2.34. The van der Waals surface area contributed by atoms with Crippen LogP contribution in [-0.4, -0.2) is 0 Å². The molecule has 0 heterocycles. The lowest BCUT2D eigenvalue weighted by molar-refractivity contribution is 0.249. The molecule has 0 radical (unpaired) electrons. The first-order chi connectivity index (χ1) is 16.5. The summed E-state index contributed by atoms with van der Waals surface area (Å²) in [5.74, 6) is 6.58. The van der Waals surface area contributed by atoms with Crippen LogP contribution in [0.3, 0.4) is 0 Å².